The second-order valence-corrected chi connectivity index (χ2v) is 3.73. The summed E-state index contributed by atoms with van der Waals surface area (Å²) < 4.78 is 10.4. The number of hydrogen-bond acceptors (Lipinski definition) is 2. The standard InChI is InChI=1S/C12H26O2/c1-3-4-5-6-7-8-11-14-12-9-10-13-2/h3-12H2,1-2H3. The molecule has 2 nitrogen and oxygen atoms in total. The van der Waals surface area contributed by atoms with Gasteiger partial charge in [0.2, 0.25) is 0 Å². The molecule has 0 aliphatic heterocycles. The molecule has 0 saturated heterocycles. The molecule has 0 aliphatic carbocycles. The Balaban J connectivity index is 2.78. The van der Waals surface area contributed by atoms with Gasteiger partial charge in [0, 0.05) is 26.9 Å². The molecule has 0 aromatic heterocycles. The van der Waals surface area contributed by atoms with Crippen LogP contribution >= 0.6 is 0 Å². The molecule has 0 fully saturated rings. The molecule has 0 aliphatic rings. The third-order valence-electron chi connectivity index (χ3n) is 2.28. The Morgan fingerprint density at radius 1 is 0.714 bits per heavy atom. The van der Waals surface area contributed by atoms with Crippen LogP contribution in [0.5, 0.6) is 0 Å². The summed E-state index contributed by atoms with van der Waals surface area (Å²) in [5, 5.41) is 0. The maximum absolute atomic E-state index is 5.46. The van der Waals surface area contributed by atoms with Crippen molar-refractivity contribution in [2.45, 2.75) is 51.9 Å². The SMILES string of the molecule is CCCCCCCCOCCCOC. The summed E-state index contributed by atoms with van der Waals surface area (Å²) in [5.41, 5.74) is 0. The van der Waals surface area contributed by atoms with Crippen LogP contribution in [0.3, 0.4) is 0 Å². The van der Waals surface area contributed by atoms with Crippen LogP contribution in [0.2, 0.25) is 0 Å². The number of unbranched alkanes of at least 4 members (excludes halogenated alkanes) is 5. The van der Waals surface area contributed by atoms with Crippen molar-refractivity contribution in [1.82, 2.24) is 0 Å². The van der Waals surface area contributed by atoms with Gasteiger partial charge in [-0.05, 0) is 12.8 Å². The summed E-state index contributed by atoms with van der Waals surface area (Å²) in [6.45, 7) is 4.84. The summed E-state index contributed by atoms with van der Waals surface area (Å²) >= 11 is 0. The van der Waals surface area contributed by atoms with Crippen molar-refractivity contribution in [3.63, 3.8) is 0 Å². The van der Waals surface area contributed by atoms with Crippen LogP contribution in [0, 0.1) is 0 Å². The van der Waals surface area contributed by atoms with Gasteiger partial charge in [0.1, 0.15) is 0 Å². The lowest BCUT2D eigenvalue weighted by molar-refractivity contribution is 0.100. The van der Waals surface area contributed by atoms with Crippen molar-refractivity contribution < 1.29 is 9.47 Å². The zero-order chi connectivity index (χ0) is 10.5. The predicted molar refractivity (Wildman–Crippen MR) is 60.7 cm³/mol. The maximum Gasteiger partial charge on any atom is 0.0487 e. The third-order valence-corrected chi connectivity index (χ3v) is 2.28. The summed E-state index contributed by atoms with van der Waals surface area (Å²) in [4.78, 5) is 0. The second kappa shape index (κ2) is 12.9. The lowest BCUT2D eigenvalue weighted by Gasteiger charge is -2.03. The first-order chi connectivity index (χ1) is 6.91. The van der Waals surface area contributed by atoms with Crippen molar-refractivity contribution in [1.29, 1.82) is 0 Å². The second-order valence-electron chi connectivity index (χ2n) is 3.73. The van der Waals surface area contributed by atoms with Crippen molar-refractivity contribution in [3.8, 4) is 0 Å². The van der Waals surface area contributed by atoms with E-state index in [2.05, 4.69) is 6.92 Å². The van der Waals surface area contributed by atoms with E-state index in [1.54, 1.807) is 7.11 Å². The normalized spacial score (nSPS) is 10.7. The van der Waals surface area contributed by atoms with Crippen molar-refractivity contribution in [2.75, 3.05) is 26.9 Å². The van der Waals surface area contributed by atoms with Crippen LogP contribution in [-0.2, 0) is 9.47 Å². The minimum atomic E-state index is 0.816. The Hall–Kier alpha value is -0.0800. The fraction of sp³-hybridized carbons (Fsp3) is 1.00. The zero-order valence-corrected chi connectivity index (χ0v) is 9.89. The zero-order valence-electron chi connectivity index (χ0n) is 9.89. The third kappa shape index (κ3) is 11.9. The quantitative estimate of drug-likeness (QED) is 0.478. The van der Waals surface area contributed by atoms with Crippen LogP contribution in [-0.4, -0.2) is 26.9 Å². The van der Waals surface area contributed by atoms with Gasteiger partial charge < -0.3 is 9.47 Å². The summed E-state index contributed by atoms with van der Waals surface area (Å²) in [6, 6.07) is 0. The van der Waals surface area contributed by atoms with E-state index in [1.165, 1.54) is 38.5 Å². The molecule has 0 aromatic rings. The van der Waals surface area contributed by atoms with E-state index in [9.17, 15) is 0 Å². The highest BCUT2D eigenvalue weighted by atomic mass is 16.5. The molecule has 0 saturated carbocycles. The molecular weight excluding hydrogens is 176 g/mol. The van der Waals surface area contributed by atoms with Gasteiger partial charge in [-0.3, -0.25) is 0 Å². The molecule has 14 heavy (non-hydrogen) atoms. The van der Waals surface area contributed by atoms with Gasteiger partial charge in [-0.2, -0.15) is 0 Å². The minimum absolute atomic E-state index is 0.816. The molecule has 2 heteroatoms. The molecule has 0 atom stereocenters. The fourth-order valence-electron chi connectivity index (χ4n) is 1.39. The average molecular weight is 202 g/mol. The van der Waals surface area contributed by atoms with E-state index in [4.69, 9.17) is 9.47 Å². The lowest BCUT2D eigenvalue weighted by Crippen LogP contribution is -2.00. The van der Waals surface area contributed by atoms with Crippen LogP contribution in [0.1, 0.15) is 51.9 Å². The van der Waals surface area contributed by atoms with Crippen molar-refractivity contribution >= 4 is 0 Å². The van der Waals surface area contributed by atoms with Gasteiger partial charge in [0.05, 0.1) is 0 Å². The summed E-state index contributed by atoms with van der Waals surface area (Å²) in [6.07, 6.45) is 9.03. The average Bonchev–Trinajstić information content (AvgIpc) is 2.21. The highest BCUT2D eigenvalue weighted by Crippen LogP contribution is 2.04. The Morgan fingerprint density at radius 2 is 1.36 bits per heavy atom. The number of methoxy groups -OCH3 is 1. The van der Waals surface area contributed by atoms with Crippen LogP contribution in [0.15, 0.2) is 0 Å². The van der Waals surface area contributed by atoms with Gasteiger partial charge in [-0.25, -0.2) is 0 Å². The number of rotatable bonds is 11. The molecule has 0 radical (unpaired) electrons. The van der Waals surface area contributed by atoms with E-state index in [1.807, 2.05) is 0 Å². The first kappa shape index (κ1) is 13.9. The van der Waals surface area contributed by atoms with Crippen LogP contribution in [0.25, 0.3) is 0 Å². The first-order valence-electron chi connectivity index (χ1n) is 5.98. The number of ether oxygens (including phenoxy) is 2. The molecule has 0 aromatic carbocycles. The molecule has 0 unspecified atom stereocenters. The first-order valence-corrected chi connectivity index (χ1v) is 5.98. The van der Waals surface area contributed by atoms with E-state index in [0.717, 1.165) is 26.2 Å². The van der Waals surface area contributed by atoms with Crippen molar-refractivity contribution in [3.05, 3.63) is 0 Å². The molecule has 0 amide bonds. The molecule has 86 valence electrons. The van der Waals surface area contributed by atoms with Gasteiger partial charge in [0.15, 0.2) is 0 Å². The summed E-state index contributed by atoms with van der Waals surface area (Å²) in [5.74, 6) is 0. The topological polar surface area (TPSA) is 18.5 Å². The Bertz CT molecular complexity index is 82.3. The Labute approximate surface area is 89.0 Å². The van der Waals surface area contributed by atoms with Gasteiger partial charge in [0.25, 0.3) is 0 Å². The molecular formula is C12H26O2. The molecule has 0 bridgehead atoms. The van der Waals surface area contributed by atoms with Crippen LogP contribution in [0.4, 0.5) is 0 Å². The molecule has 0 rings (SSSR count). The van der Waals surface area contributed by atoms with Crippen LogP contribution < -0.4 is 0 Å². The van der Waals surface area contributed by atoms with E-state index >= 15 is 0 Å². The molecule has 0 spiro atoms. The van der Waals surface area contributed by atoms with Gasteiger partial charge in [-0.15, -0.1) is 0 Å². The van der Waals surface area contributed by atoms with Crippen molar-refractivity contribution in [2.24, 2.45) is 0 Å². The Morgan fingerprint density at radius 3 is 2.07 bits per heavy atom. The highest BCUT2D eigenvalue weighted by molar-refractivity contribution is 4.43. The van der Waals surface area contributed by atoms with Gasteiger partial charge in [-0.1, -0.05) is 39.0 Å². The smallest absolute Gasteiger partial charge is 0.0487 e. The van der Waals surface area contributed by atoms with E-state index < -0.39 is 0 Å². The molecule has 0 N–H and O–H groups in total. The molecule has 0 heterocycles. The van der Waals surface area contributed by atoms with Gasteiger partial charge >= 0.3 is 0 Å². The Kier molecular flexibility index (Phi) is 12.8. The minimum Gasteiger partial charge on any atom is -0.385 e. The predicted octanol–water partition coefficient (Wildman–Crippen LogP) is 3.40. The largest absolute Gasteiger partial charge is 0.385 e. The maximum atomic E-state index is 5.46. The van der Waals surface area contributed by atoms with E-state index in [0.29, 0.717) is 0 Å². The van der Waals surface area contributed by atoms with E-state index in [-0.39, 0.29) is 0 Å². The number of hydrogen-bond donors (Lipinski definition) is 0. The lowest BCUT2D eigenvalue weighted by atomic mass is 10.1. The highest BCUT2D eigenvalue weighted by Gasteiger charge is 1.91. The fourth-order valence-corrected chi connectivity index (χ4v) is 1.39. The monoisotopic (exact) mass is 202 g/mol. The summed E-state index contributed by atoms with van der Waals surface area (Å²) in [7, 11) is 1.73.